The Balaban J connectivity index is 1.64. The maximum Gasteiger partial charge on any atom is 0.246 e. The number of nitrogens with zero attached hydrogens (tertiary/aromatic N) is 2. The minimum Gasteiger partial charge on any atom is -0.417 e. The molecule has 2 fully saturated rings. The van der Waals surface area contributed by atoms with Crippen LogP contribution in [-0.4, -0.2) is 84.4 Å². The molecule has 0 bridgehead atoms. The Morgan fingerprint density at radius 2 is 1.80 bits per heavy atom. The summed E-state index contributed by atoms with van der Waals surface area (Å²) in [7, 11) is 3.05. The lowest BCUT2D eigenvalue weighted by atomic mass is 9.87. The van der Waals surface area contributed by atoms with Crippen LogP contribution in [0.1, 0.15) is 83.6 Å². The summed E-state index contributed by atoms with van der Waals surface area (Å²) in [6, 6.07) is 5.25. The number of carbonyl (C=O) groups is 5. The fraction of sp³-hybridized carbons (Fsp3) is 0.629. The Bertz CT molecular complexity index is 1390. The van der Waals surface area contributed by atoms with E-state index >= 15 is 0 Å². The lowest BCUT2D eigenvalue weighted by Crippen LogP contribution is -2.61. The van der Waals surface area contributed by atoms with Gasteiger partial charge < -0.3 is 25.1 Å². The van der Waals surface area contributed by atoms with Gasteiger partial charge in [-0.25, -0.2) is 0 Å². The highest BCUT2D eigenvalue weighted by Crippen LogP contribution is 2.27. The number of para-hydroxylation sites is 1. The molecule has 252 valence electrons. The Hall–Kier alpha value is -3.73. The third-order valence-corrected chi connectivity index (χ3v) is 9.58. The van der Waals surface area contributed by atoms with Gasteiger partial charge in [0, 0.05) is 50.4 Å². The van der Waals surface area contributed by atoms with E-state index in [1.807, 2.05) is 44.3 Å². The number of methoxy groups -OCH3 is 1. The standard InChI is InChI=1S/C35H50N4O7/c1-5-23(2)32-35(44)38-18-12-11-17-30(38)31(41)20-24(13-7-6-8-14-26(40)22-45-3)33(42)36-28(34(43)37-32)19-25-21-39(46-4)29-16-10-9-15-27(25)29/h9-10,15-16,21,23-24,28,30,32H,5-8,11-14,17-20,22H2,1-4H3,(H,36,42)(H,37,43)/t23?,24-,28+,30-,32+/m1/s1. The van der Waals surface area contributed by atoms with E-state index in [9.17, 15) is 24.0 Å². The van der Waals surface area contributed by atoms with Crippen LogP contribution in [0, 0.1) is 11.8 Å². The number of fused-ring (bicyclic) bond motifs is 2. The van der Waals surface area contributed by atoms with E-state index < -0.39 is 30.0 Å². The summed E-state index contributed by atoms with van der Waals surface area (Å²) < 4.78 is 6.53. The average Bonchev–Trinajstić information content (AvgIpc) is 3.42. The number of rotatable bonds is 13. The molecule has 1 aromatic carbocycles. The number of aromatic nitrogens is 1. The molecule has 2 aromatic rings. The normalized spacial score (nSPS) is 23.6. The van der Waals surface area contributed by atoms with Crippen LogP contribution in [0.25, 0.3) is 10.9 Å². The number of hydrogen-bond acceptors (Lipinski definition) is 7. The summed E-state index contributed by atoms with van der Waals surface area (Å²) in [6.07, 6.45) is 7.65. The van der Waals surface area contributed by atoms with Gasteiger partial charge in [0.05, 0.1) is 11.6 Å². The van der Waals surface area contributed by atoms with Gasteiger partial charge >= 0.3 is 0 Å². The summed E-state index contributed by atoms with van der Waals surface area (Å²) in [4.78, 5) is 75.0. The fourth-order valence-electron chi connectivity index (χ4n) is 6.72. The van der Waals surface area contributed by atoms with Gasteiger partial charge in [-0.05, 0) is 49.7 Å². The van der Waals surface area contributed by atoms with E-state index in [2.05, 4.69) is 10.6 Å². The predicted octanol–water partition coefficient (Wildman–Crippen LogP) is 3.39. The lowest BCUT2D eigenvalue weighted by Gasteiger charge is -2.39. The third kappa shape index (κ3) is 8.54. The van der Waals surface area contributed by atoms with Crippen molar-refractivity contribution >= 4 is 40.2 Å². The van der Waals surface area contributed by atoms with Gasteiger partial charge in [-0.15, -0.1) is 0 Å². The van der Waals surface area contributed by atoms with E-state index in [0.717, 1.165) is 35.7 Å². The molecular formula is C35H50N4O7. The van der Waals surface area contributed by atoms with Crippen molar-refractivity contribution in [3.8, 4) is 0 Å². The quantitative estimate of drug-likeness (QED) is 0.321. The topological polar surface area (TPSA) is 136 Å². The van der Waals surface area contributed by atoms with Crippen molar-refractivity contribution in [1.29, 1.82) is 0 Å². The Morgan fingerprint density at radius 3 is 2.54 bits per heavy atom. The van der Waals surface area contributed by atoms with Crippen molar-refractivity contribution in [2.75, 3.05) is 27.4 Å². The van der Waals surface area contributed by atoms with Crippen LogP contribution in [0.2, 0.25) is 0 Å². The Labute approximate surface area is 271 Å². The first-order valence-electron chi connectivity index (χ1n) is 16.8. The number of Topliss-reactive ketones (excluding diaryl/α,β-unsaturated/α-hetero) is 2. The highest BCUT2D eigenvalue weighted by Gasteiger charge is 2.41. The molecule has 1 aromatic heterocycles. The Morgan fingerprint density at radius 1 is 1.02 bits per heavy atom. The number of ether oxygens (including phenoxy) is 1. The second-order valence-electron chi connectivity index (χ2n) is 12.8. The number of hydrogen-bond donors (Lipinski definition) is 2. The number of carbonyl (C=O) groups excluding carboxylic acids is 5. The zero-order chi connectivity index (χ0) is 33.2. The molecule has 0 saturated carbocycles. The van der Waals surface area contributed by atoms with Gasteiger partial charge in [0.2, 0.25) is 17.7 Å². The van der Waals surface area contributed by atoms with Crippen LogP contribution >= 0.6 is 0 Å². The molecule has 11 nitrogen and oxygen atoms in total. The molecule has 0 radical (unpaired) electrons. The van der Waals surface area contributed by atoms with Gasteiger partial charge in [-0.1, -0.05) is 51.3 Å². The van der Waals surface area contributed by atoms with Gasteiger partial charge in [-0.3, -0.25) is 24.0 Å². The van der Waals surface area contributed by atoms with Crippen LogP contribution < -0.4 is 15.5 Å². The van der Waals surface area contributed by atoms with Crippen molar-refractivity contribution < 1.29 is 33.5 Å². The monoisotopic (exact) mass is 638 g/mol. The van der Waals surface area contributed by atoms with Crippen LogP contribution in [0.15, 0.2) is 30.5 Å². The lowest BCUT2D eigenvalue weighted by molar-refractivity contribution is -0.147. The SMILES string of the molecule is CCC(C)[C@@H]1NC(=O)[C@H](Cc2cn(OC)c3ccccc23)NC(=O)[C@H](CCCCCC(=O)COC)CC(=O)[C@H]2CCCCN2C1=O. The third-order valence-electron chi connectivity index (χ3n) is 9.58. The second-order valence-corrected chi connectivity index (χ2v) is 12.8. The molecular weight excluding hydrogens is 588 g/mol. The first kappa shape index (κ1) is 35.1. The van der Waals surface area contributed by atoms with Crippen LogP contribution in [-0.2, 0) is 35.1 Å². The highest BCUT2D eigenvalue weighted by atomic mass is 16.6. The predicted molar refractivity (Wildman–Crippen MR) is 174 cm³/mol. The van der Waals surface area contributed by atoms with E-state index in [1.165, 1.54) is 7.11 Å². The highest BCUT2D eigenvalue weighted by molar-refractivity contribution is 5.98. The zero-order valence-corrected chi connectivity index (χ0v) is 27.7. The molecule has 0 aliphatic carbocycles. The van der Waals surface area contributed by atoms with Gasteiger partial charge in [0.15, 0.2) is 11.6 Å². The Kier molecular flexibility index (Phi) is 12.8. The first-order chi connectivity index (χ1) is 22.2. The molecule has 4 rings (SSSR count). The summed E-state index contributed by atoms with van der Waals surface area (Å²) in [5, 5.41) is 6.88. The summed E-state index contributed by atoms with van der Waals surface area (Å²) in [5.74, 6) is -1.94. The summed E-state index contributed by atoms with van der Waals surface area (Å²) >= 11 is 0. The molecule has 11 heteroatoms. The maximum absolute atomic E-state index is 14.1. The summed E-state index contributed by atoms with van der Waals surface area (Å²) in [6.45, 7) is 4.43. The molecule has 0 spiro atoms. The van der Waals surface area contributed by atoms with Crippen molar-refractivity contribution in [1.82, 2.24) is 20.3 Å². The molecule has 5 atom stereocenters. The molecule has 3 amide bonds. The van der Waals surface area contributed by atoms with Crippen molar-refractivity contribution in [3.05, 3.63) is 36.0 Å². The molecule has 2 N–H and O–H groups in total. The van der Waals surface area contributed by atoms with Crippen molar-refractivity contribution in [3.63, 3.8) is 0 Å². The number of benzene rings is 1. The van der Waals surface area contributed by atoms with Crippen molar-refractivity contribution in [2.45, 2.75) is 103 Å². The van der Waals surface area contributed by atoms with Crippen molar-refractivity contribution in [2.24, 2.45) is 11.8 Å². The number of piperidine rings is 1. The van der Waals surface area contributed by atoms with E-state index in [-0.39, 0.29) is 48.7 Å². The number of unbranched alkanes of at least 4 members (excludes halogenated alkanes) is 2. The molecule has 46 heavy (non-hydrogen) atoms. The minimum absolute atomic E-state index is 0.00575. The van der Waals surface area contributed by atoms with E-state index in [4.69, 9.17) is 9.57 Å². The molecule has 2 aliphatic heterocycles. The van der Waals surface area contributed by atoms with Gasteiger partial charge in [0.25, 0.3) is 0 Å². The first-order valence-corrected chi connectivity index (χ1v) is 16.8. The molecule has 3 heterocycles. The number of ketones is 2. The molecule has 2 aliphatic rings. The van der Waals surface area contributed by atoms with E-state index in [1.54, 1.807) is 16.7 Å². The van der Waals surface area contributed by atoms with Gasteiger partial charge in [-0.2, -0.15) is 4.73 Å². The smallest absolute Gasteiger partial charge is 0.246 e. The van der Waals surface area contributed by atoms with Crippen LogP contribution in [0.3, 0.4) is 0 Å². The minimum atomic E-state index is -0.983. The number of nitrogens with one attached hydrogen (secondary N) is 2. The average molecular weight is 639 g/mol. The second kappa shape index (κ2) is 16.7. The number of amides is 3. The molecule has 1 unspecified atom stereocenters. The van der Waals surface area contributed by atoms with E-state index in [0.29, 0.717) is 45.1 Å². The molecule has 2 saturated heterocycles. The van der Waals surface area contributed by atoms with Crippen LogP contribution in [0.5, 0.6) is 0 Å². The largest absolute Gasteiger partial charge is 0.417 e. The zero-order valence-electron chi connectivity index (χ0n) is 27.7. The van der Waals surface area contributed by atoms with Gasteiger partial charge in [0.1, 0.15) is 25.8 Å². The maximum atomic E-state index is 14.1. The van der Waals surface area contributed by atoms with Crippen LogP contribution in [0.4, 0.5) is 0 Å². The fourth-order valence-corrected chi connectivity index (χ4v) is 6.72. The summed E-state index contributed by atoms with van der Waals surface area (Å²) in [5.41, 5.74) is 1.64.